The summed E-state index contributed by atoms with van der Waals surface area (Å²) in [5.74, 6) is 4.05. The van der Waals surface area contributed by atoms with Crippen LogP contribution in [0.2, 0.25) is 0 Å². The molecule has 2 nitrogen and oxygen atoms in total. The summed E-state index contributed by atoms with van der Waals surface area (Å²) in [5, 5.41) is 3.66. The summed E-state index contributed by atoms with van der Waals surface area (Å²) in [6, 6.07) is 2.67. The first kappa shape index (κ1) is 11.3. The molecule has 0 spiro atoms. The monoisotopic (exact) mass is 233 g/mol. The number of hydrogen-bond donors (Lipinski definition) is 1. The van der Waals surface area contributed by atoms with E-state index < -0.39 is 0 Å². The lowest BCUT2D eigenvalue weighted by molar-refractivity contribution is 0.255. The number of aryl methyl sites for hydroxylation is 1. The van der Waals surface area contributed by atoms with Gasteiger partial charge in [-0.2, -0.15) is 0 Å². The predicted molar refractivity (Wildman–Crippen MR) is 68.7 cm³/mol. The normalized spacial score (nSPS) is 33.2. The molecular weight excluding hydrogens is 210 g/mol. The fourth-order valence-corrected chi connectivity index (χ4v) is 3.90. The van der Waals surface area contributed by atoms with E-state index in [2.05, 4.69) is 19.2 Å². The molecule has 0 saturated heterocycles. The van der Waals surface area contributed by atoms with Crippen molar-refractivity contribution in [3.05, 3.63) is 23.7 Å². The van der Waals surface area contributed by atoms with Crippen molar-refractivity contribution in [2.75, 3.05) is 0 Å². The third-order valence-electron chi connectivity index (χ3n) is 4.99. The van der Waals surface area contributed by atoms with Gasteiger partial charge in [-0.3, -0.25) is 0 Å². The van der Waals surface area contributed by atoms with E-state index in [-0.39, 0.29) is 0 Å². The summed E-state index contributed by atoms with van der Waals surface area (Å²) in [6.45, 7) is 5.35. The molecule has 2 aliphatic carbocycles. The van der Waals surface area contributed by atoms with Gasteiger partial charge in [0.25, 0.3) is 0 Å². The molecule has 94 valence electrons. The van der Waals surface area contributed by atoms with E-state index in [0.717, 1.165) is 30.1 Å². The van der Waals surface area contributed by atoms with Crippen molar-refractivity contribution in [3.8, 4) is 0 Å². The van der Waals surface area contributed by atoms with Gasteiger partial charge in [-0.15, -0.1) is 0 Å². The summed E-state index contributed by atoms with van der Waals surface area (Å²) in [6.07, 6.45) is 7.70. The zero-order valence-electron chi connectivity index (χ0n) is 10.9. The van der Waals surface area contributed by atoms with Crippen LogP contribution in [-0.2, 0) is 6.54 Å². The van der Waals surface area contributed by atoms with Gasteiger partial charge < -0.3 is 9.73 Å². The van der Waals surface area contributed by atoms with Gasteiger partial charge in [-0.1, -0.05) is 6.42 Å². The Labute approximate surface area is 104 Å². The van der Waals surface area contributed by atoms with Crippen molar-refractivity contribution in [3.63, 3.8) is 0 Å². The zero-order valence-corrected chi connectivity index (χ0v) is 10.9. The summed E-state index contributed by atoms with van der Waals surface area (Å²) >= 11 is 0. The molecule has 2 heteroatoms. The molecule has 17 heavy (non-hydrogen) atoms. The van der Waals surface area contributed by atoms with Crippen molar-refractivity contribution in [1.82, 2.24) is 5.32 Å². The van der Waals surface area contributed by atoms with Crippen LogP contribution in [0, 0.1) is 24.7 Å². The maximum Gasteiger partial charge on any atom is 0.120 e. The van der Waals surface area contributed by atoms with Crippen LogP contribution in [0.5, 0.6) is 0 Å². The Hall–Kier alpha value is -0.760. The molecule has 3 rings (SSSR count). The molecule has 2 fully saturated rings. The predicted octanol–water partition coefficient (Wildman–Crippen LogP) is 3.50. The molecular formula is C15H23NO. The van der Waals surface area contributed by atoms with E-state index in [4.69, 9.17) is 4.42 Å². The molecule has 2 bridgehead atoms. The minimum Gasteiger partial charge on any atom is -0.468 e. The fraction of sp³-hybridized carbons (Fsp3) is 0.733. The smallest absolute Gasteiger partial charge is 0.120 e. The second kappa shape index (κ2) is 4.49. The van der Waals surface area contributed by atoms with Gasteiger partial charge >= 0.3 is 0 Å². The largest absolute Gasteiger partial charge is 0.468 e. The Kier molecular flexibility index (Phi) is 2.99. The van der Waals surface area contributed by atoms with Crippen LogP contribution < -0.4 is 5.32 Å². The van der Waals surface area contributed by atoms with Crippen molar-refractivity contribution in [2.24, 2.45) is 17.8 Å². The van der Waals surface area contributed by atoms with Crippen LogP contribution >= 0.6 is 0 Å². The van der Waals surface area contributed by atoms with E-state index >= 15 is 0 Å². The first-order valence-electron chi connectivity index (χ1n) is 7.00. The fourth-order valence-electron chi connectivity index (χ4n) is 3.90. The van der Waals surface area contributed by atoms with E-state index in [1.54, 1.807) is 6.26 Å². The average molecular weight is 233 g/mol. The zero-order chi connectivity index (χ0) is 11.8. The first-order chi connectivity index (χ1) is 8.24. The maximum absolute atomic E-state index is 5.48. The Morgan fingerprint density at radius 2 is 2.29 bits per heavy atom. The number of furan rings is 1. The van der Waals surface area contributed by atoms with Crippen LogP contribution in [0.15, 0.2) is 16.7 Å². The lowest BCUT2D eigenvalue weighted by atomic mass is 9.84. The third-order valence-corrected chi connectivity index (χ3v) is 4.99. The average Bonchev–Trinajstić information content (AvgIpc) is 3.01. The molecule has 1 aromatic heterocycles. The minimum absolute atomic E-state index is 0.634. The summed E-state index contributed by atoms with van der Waals surface area (Å²) in [4.78, 5) is 0. The summed E-state index contributed by atoms with van der Waals surface area (Å²) in [5.41, 5.74) is 1.26. The molecule has 0 amide bonds. The molecule has 1 aromatic rings. The van der Waals surface area contributed by atoms with E-state index in [1.165, 1.54) is 31.2 Å². The van der Waals surface area contributed by atoms with Gasteiger partial charge in [-0.05, 0) is 62.5 Å². The van der Waals surface area contributed by atoms with Crippen LogP contribution in [-0.4, -0.2) is 6.04 Å². The molecule has 2 aliphatic rings. The SMILES string of the molecule is Cc1ccoc1CNC(C)C1CC2CCC1C2. The molecule has 0 radical (unpaired) electrons. The maximum atomic E-state index is 5.48. The Morgan fingerprint density at radius 3 is 2.88 bits per heavy atom. The van der Waals surface area contributed by atoms with Gasteiger partial charge in [0.2, 0.25) is 0 Å². The first-order valence-corrected chi connectivity index (χ1v) is 7.00. The number of hydrogen-bond acceptors (Lipinski definition) is 2. The summed E-state index contributed by atoms with van der Waals surface area (Å²) in [7, 11) is 0. The highest BCUT2D eigenvalue weighted by molar-refractivity contribution is 5.14. The van der Waals surface area contributed by atoms with Gasteiger partial charge in [0, 0.05) is 6.04 Å². The van der Waals surface area contributed by atoms with Crippen molar-refractivity contribution in [2.45, 2.75) is 52.1 Å². The van der Waals surface area contributed by atoms with Crippen LogP contribution in [0.25, 0.3) is 0 Å². The number of fused-ring (bicyclic) bond motifs is 2. The molecule has 2 saturated carbocycles. The van der Waals surface area contributed by atoms with Crippen LogP contribution in [0.3, 0.4) is 0 Å². The van der Waals surface area contributed by atoms with Crippen LogP contribution in [0.1, 0.15) is 43.9 Å². The molecule has 1 heterocycles. The highest BCUT2D eigenvalue weighted by atomic mass is 16.3. The Bertz CT molecular complexity index is 384. The van der Waals surface area contributed by atoms with E-state index in [0.29, 0.717) is 6.04 Å². The minimum atomic E-state index is 0.634. The Morgan fingerprint density at radius 1 is 1.41 bits per heavy atom. The van der Waals surface area contributed by atoms with Gasteiger partial charge in [0.1, 0.15) is 5.76 Å². The van der Waals surface area contributed by atoms with Crippen molar-refractivity contribution >= 4 is 0 Å². The molecule has 4 unspecified atom stereocenters. The molecule has 0 aromatic carbocycles. The second-order valence-corrected chi connectivity index (χ2v) is 6.04. The van der Waals surface area contributed by atoms with Gasteiger partial charge in [-0.25, -0.2) is 0 Å². The topological polar surface area (TPSA) is 25.2 Å². The standard InChI is InChI=1S/C15H23NO/c1-10-5-6-17-15(10)9-16-11(2)14-8-12-3-4-13(14)7-12/h5-6,11-14,16H,3-4,7-9H2,1-2H3. The second-order valence-electron chi connectivity index (χ2n) is 6.04. The quantitative estimate of drug-likeness (QED) is 0.861. The van der Waals surface area contributed by atoms with E-state index in [1.807, 2.05) is 6.07 Å². The summed E-state index contributed by atoms with van der Waals surface area (Å²) < 4.78 is 5.48. The number of rotatable bonds is 4. The highest BCUT2D eigenvalue weighted by Crippen LogP contribution is 2.49. The molecule has 0 aliphatic heterocycles. The number of nitrogens with one attached hydrogen (secondary N) is 1. The lowest BCUT2D eigenvalue weighted by Gasteiger charge is -2.28. The molecule has 1 N–H and O–H groups in total. The highest BCUT2D eigenvalue weighted by Gasteiger charge is 2.41. The Balaban J connectivity index is 1.54. The van der Waals surface area contributed by atoms with E-state index in [9.17, 15) is 0 Å². The van der Waals surface area contributed by atoms with Gasteiger partial charge in [0.05, 0.1) is 12.8 Å². The van der Waals surface area contributed by atoms with Crippen molar-refractivity contribution < 1.29 is 4.42 Å². The van der Waals surface area contributed by atoms with Crippen molar-refractivity contribution in [1.29, 1.82) is 0 Å². The molecule has 4 atom stereocenters. The lowest BCUT2D eigenvalue weighted by Crippen LogP contribution is -2.35. The van der Waals surface area contributed by atoms with Crippen LogP contribution in [0.4, 0.5) is 0 Å². The van der Waals surface area contributed by atoms with Gasteiger partial charge in [0.15, 0.2) is 0 Å². The third kappa shape index (κ3) is 2.15.